The maximum atomic E-state index is 14.4. The van der Waals surface area contributed by atoms with E-state index in [0.717, 1.165) is 11.1 Å². The normalized spacial score (nSPS) is 17.3. The molecule has 1 aliphatic heterocycles. The summed E-state index contributed by atoms with van der Waals surface area (Å²) in [7, 11) is 0. The molecular formula is C21H23FN2O2S. The fourth-order valence-corrected chi connectivity index (χ4v) is 3.96. The predicted octanol–water partition coefficient (Wildman–Crippen LogP) is 4.90. The fraction of sp³-hybridized carbons (Fsp3) is 0.333. The number of benzene rings is 2. The second kappa shape index (κ2) is 7.35. The number of nitrogens with one attached hydrogen (secondary N) is 1. The average Bonchev–Trinajstić information content (AvgIpc) is 2.98. The van der Waals surface area contributed by atoms with E-state index in [9.17, 15) is 14.0 Å². The first-order valence-electron chi connectivity index (χ1n) is 8.78. The molecule has 0 spiro atoms. The van der Waals surface area contributed by atoms with E-state index < -0.39 is 11.2 Å². The number of aryl methyl sites for hydroxylation is 1. The molecule has 1 N–H and O–H groups in total. The van der Waals surface area contributed by atoms with Crippen molar-refractivity contribution in [1.29, 1.82) is 0 Å². The Morgan fingerprint density at radius 1 is 1.19 bits per heavy atom. The number of hydrogen-bond acceptors (Lipinski definition) is 3. The van der Waals surface area contributed by atoms with E-state index in [1.807, 2.05) is 52.0 Å². The Morgan fingerprint density at radius 2 is 1.85 bits per heavy atom. The Morgan fingerprint density at radius 3 is 2.48 bits per heavy atom. The van der Waals surface area contributed by atoms with E-state index in [-0.39, 0.29) is 17.2 Å². The van der Waals surface area contributed by atoms with Crippen LogP contribution >= 0.6 is 11.8 Å². The highest BCUT2D eigenvalue weighted by Crippen LogP contribution is 2.43. The number of nitrogens with zero attached hydrogens (tertiary/aromatic N) is 1. The van der Waals surface area contributed by atoms with Gasteiger partial charge in [0.2, 0.25) is 11.8 Å². The molecule has 1 heterocycles. The average molecular weight is 386 g/mol. The smallest absolute Gasteiger partial charge is 0.238 e. The van der Waals surface area contributed by atoms with E-state index in [4.69, 9.17) is 0 Å². The van der Waals surface area contributed by atoms with E-state index in [2.05, 4.69) is 5.32 Å². The molecule has 0 bridgehead atoms. The molecule has 0 unspecified atom stereocenters. The van der Waals surface area contributed by atoms with Gasteiger partial charge in [0, 0.05) is 11.1 Å². The molecular weight excluding hydrogens is 363 g/mol. The summed E-state index contributed by atoms with van der Waals surface area (Å²) in [5.41, 5.74) is 2.31. The Bertz CT molecular complexity index is 875. The van der Waals surface area contributed by atoms with Crippen molar-refractivity contribution in [2.24, 2.45) is 5.41 Å². The molecule has 0 aliphatic carbocycles. The molecule has 1 saturated heterocycles. The van der Waals surface area contributed by atoms with Crippen LogP contribution in [0.2, 0.25) is 0 Å². The molecule has 142 valence electrons. The van der Waals surface area contributed by atoms with Crippen molar-refractivity contribution in [1.82, 2.24) is 0 Å². The summed E-state index contributed by atoms with van der Waals surface area (Å²) in [5.74, 6) is -0.278. The van der Waals surface area contributed by atoms with Gasteiger partial charge >= 0.3 is 0 Å². The number of rotatable bonds is 3. The van der Waals surface area contributed by atoms with Gasteiger partial charge in [-0.3, -0.25) is 14.5 Å². The number of thioether (sulfide) groups is 1. The van der Waals surface area contributed by atoms with Gasteiger partial charge in [-0.05, 0) is 42.3 Å². The SMILES string of the molecule is Cc1ccc(F)c(N2C(=O)CS[C@H]2c2ccc(NC(=O)C(C)(C)C)cc2)c1. The summed E-state index contributed by atoms with van der Waals surface area (Å²) in [6, 6.07) is 12.1. The van der Waals surface area contributed by atoms with Crippen LogP contribution in [0, 0.1) is 18.2 Å². The van der Waals surface area contributed by atoms with Gasteiger partial charge in [0.1, 0.15) is 11.2 Å². The van der Waals surface area contributed by atoms with Crippen LogP contribution in [0.1, 0.15) is 37.3 Å². The molecule has 3 rings (SSSR count). The summed E-state index contributed by atoms with van der Waals surface area (Å²) in [6.45, 7) is 7.43. The highest BCUT2D eigenvalue weighted by molar-refractivity contribution is 8.00. The minimum atomic E-state index is -0.480. The second-order valence-electron chi connectivity index (χ2n) is 7.71. The quantitative estimate of drug-likeness (QED) is 0.816. The van der Waals surface area contributed by atoms with Crippen LogP contribution < -0.4 is 10.2 Å². The lowest BCUT2D eigenvalue weighted by atomic mass is 9.95. The molecule has 1 atom stereocenters. The minimum absolute atomic E-state index is 0.0656. The van der Waals surface area contributed by atoms with Crippen LogP contribution in [-0.2, 0) is 9.59 Å². The number of amides is 2. The van der Waals surface area contributed by atoms with E-state index in [1.165, 1.54) is 22.7 Å². The van der Waals surface area contributed by atoms with Crippen molar-refractivity contribution >= 4 is 35.0 Å². The lowest BCUT2D eigenvalue weighted by Crippen LogP contribution is -2.29. The van der Waals surface area contributed by atoms with Crippen LogP contribution in [0.5, 0.6) is 0 Å². The lowest BCUT2D eigenvalue weighted by molar-refractivity contribution is -0.123. The van der Waals surface area contributed by atoms with Crippen molar-refractivity contribution in [3.05, 3.63) is 59.4 Å². The maximum absolute atomic E-state index is 14.4. The van der Waals surface area contributed by atoms with Gasteiger partial charge in [0.15, 0.2) is 0 Å². The Balaban J connectivity index is 1.86. The molecule has 0 saturated carbocycles. The molecule has 2 aromatic rings. The summed E-state index contributed by atoms with van der Waals surface area (Å²) in [5, 5.41) is 2.59. The Labute approximate surface area is 163 Å². The fourth-order valence-electron chi connectivity index (χ4n) is 2.79. The second-order valence-corrected chi connectivity index (χ2v) is 8.78. The maximum Gasteiger partial charge on any atom is 0.238 e. The van der Waals surface area contributed by atoms with E-state index >= 15 is 0 Å². The molecule has 1 fully saturated rings. The molecule has 0 radical (unpaired) electrons. The van der Waals surface area contributed by atoms with Gasteiger partial charge in [0.25, 0.3) is 0 Å². The monoisotopic (exact) mass is 386 g/mol. The highest BCUT2D eigenvalue weighted by Gasteiger charge is 2.35. The topological polar surface area (TPSA) is 49.4 Å². The van der Waals surface area contributed by atoms with Crippen molar-refractivity contribution in [3.63, 3.8) is 0 Å². The van der Waals surface area contributed by atoms with Gasteiger partial charge in [0.05, 0.1) is 11.4 Å². The zero-order valence-corrected chi connectivity index (χ0v) is 16.7. The molecule has 2 aromatic carbocycles. The zero-order chi connectivity index (χ0) is 19.8. The zero-order valence-electron chi connectivity index (χ0n) is 15.9. The number of hydrogen-bond donors (Lipinski definition) is 1. The molecule has 2 amide bonds. The van der Waals surface area contributed by atoms with Gasteiger partial charge in [-0.2, -0.15) is 0 Å². The minimum Gasteiger partial charge on any atom is -0.326 e. The number of carbonyl (C=O) groups excluding carboxylic acids is 2. The van der Waals surface area contributed by atoms with Gasteiger partial charge in [-0.1, -0.05) is 39.0 Å². The first-order valence-corrected chi connectivity index (χ1v) is 9.83. The summed E-state index contributed by atoms with van der Waals surface area (Å²) in [6.07, 6.45) is 0. The summed E-state index contributed by atoms with van der Waals surface area (Å²) in [4.78, 5) is 26.1. The van der Waals surface area contributed by atoms with Crippen molar-refractivity contribution < 1.29 is 14.0 Å². The largest absolute Gasteiger partial charge is 0.326 e. The molecule has 27 heavy (non-hydrogen) atoms. The third kappa shape index (κ3) is 4.16. The highest BCUT2D eigenvalue weighted by atomic mass is 32.2. The number of halogens is 1. The van der Waals surface area contributed by atoms with Crippen LogP contribution in [0.15, 0.2) is 42.5 Å². The lowest BCUT2D eigenvalue weighted by Gasteiger charge is -2.25. The van der Waals surface area contributed by atoms with Gasteiger partial charge < -0.3 is 5.32 Å². The predicted molar refractivity (Wildman–Crippen MR) is 108 cm³/mol. The number of carbonyl (C=O) groups is 2. The third-order valence-electron chi connectivity index (χ3n) is 4.36. The Hall–Kier alpha value is -2.34. The Kier molecular flexibility index (Phi) is 5.29. The first-order chi connectivity index (χ1) is 12.7. The van der Waals surface area contributed by atoms with Crippen LogP contribution in [0.25, 0.3) is 0 Å². The van der Waals surface area contributed by atoms with Crippen LogP contribution in [-0.4, -0.2) is 17.6 Å². The van der Waals surface area contributed by atoms with Crippen molar-refractivity contribution in [3.8, 4) is 0 Å². The van der Waals surface area contributed by atoms with Crippen LogP contribution in [0.3, 0.4) is 0 Å². The third-order valence-corrected chi connectivity index (χ3v) is 5.58. The standard InChI is InChI=1S/C21H23FN2O2S/c1-13-5-10-16(22)17(11-13)24-18(25)12-27-19(24)14-6-8-15(9-7-14)23-20(26)21(2,3)4/h5-11,19H,12H2,1-4H3,(H,23,26)/t19-/m0/s1. The summed E-state index contributed by atoms with van der Waals surface area (Å²) >= 11 is 1.47. The van der Waals surface area contributed by atoms with Crippen molar-refractivity contribution in [2.75, 3.05) is 16.0 Å². The number of anilines is 2. The van der Waals surface area contributed by atoms with Crippen molar-refractivity contribution in [2.45, 2.75) is 33.1 Å². The van der Waals surface area contributed by atoms with Crippen LogP contribution in [0.4, 0.5) is 15.8 Å². The summed E-state index contributed by atoms with van der Waals surface area (Å²) < 4.78 is 14.4. The first kappa shape index (κ1) is 19.4. The van der Waals surface area contributed by atoms with E-state index in [1.54, 1.807) is 12.1 Å². The molecule has 6 heteroatoms. The molecule has 1 aliphatic rings. The molecule has 0 aromatic heterocycles. The van der Waals surface area contributed by atoms with Gasteiger partial charge in [-0.15, -0.1) is 11.8 Å². The van der Waals surface area contributed by atoms with E-state index in [0.29, 0.717) is 17.1 Å². The van der Waals surface area contributed by atoms with Gasteiger partial charge in [-0.25, -0.2) is 4.39 Å². The molecule has 4 nitrogen and oxygen atoms in total.